The summed E-state index contributed by atoms with van der Waals surface area (Å²) < 4.78 is 24.3. The Hall–Kier alpha value is -3.05. The molecule has 0 aromatic heterocycles. The number of hydrogen-bond donors (Lipinski definition) is 1. The minimum absolute atomic E-state index is 0.220. The van der Waals surface area contributed by atoms with Gasteiger partial charge in [0.25, 0.3) is 5.91 Å². The number of benzene rings is 3. The summed E-state index contributed by atoms with van der Waals surface area (Å²) in [5.41, 5.74) is 2.02. The summed E-state index contributed by atoms with van der Waals surface area (Å²) in [6.45, 7) is 2.07. The van der Waals surface area contributed by atoms with E-state index in [1.54, 1.807) is 61.7 Å². The molecule has 1 atom stereocenters. The van der Waals surface area contributed by atoms with Crippen molar-refractivity contribution in [1.82, 2.24) is 5.32 Å². The molecule has 150 valence electrons. The fourth-order valence-electron chi connectivity index (χ4n) is 2.87. The summed E-state index contributed by atoms with van der Waals surface area (Å²) in [5, 5.41) is 3.50. The second kappa shape index (κ2) is 9.43. The van der Waals surface area contributed by atoms with Gasteiger partial charge in [0.15, 0.2) is 0 Å². The molecule has 0 saturated carbocycles. The molecule has 1 N–H and O–H groups in total. The van der Waals surface area contributed by atoms with Crippen molar-refractivity contribution < 1.29 is 18.7 Å². The van der Waals surface area contributed by atoms with E-state index in [-0.39, 0.29) is 24.4 Å². The standard InChI is InChI=1S/C23H21ClFNO3/c1-15(16-6-9-20(25)10-7-16)26-23(27)17-8-11-22(28-2)18(12-17)14-29-21-5-3-4-19(24)13-21/h3-13,15H,14H2,1-2H3,(H,26,27)/t15-/m1/s1. The van der Waals surface area contributed by atoms with Crippen molar-refractivity contribution in [3.05, 3.63) is 94.3 Å². The Balaban J connectivity index is 1.72. The highest BCUT2D eigenvalue weighted by Crippen LogP contribution is 2.24. The third-order valence-electron chi connectivity index (χ3n) is 4.45. The van der Waals surface area contributed by atoms with E-state index >= 15 is 0 Å². The molecule has 0 fully saturated rings. The van der Waals surface area contributed by atoms with Crippen molar-refractivity contribution in [2.75, 3.05) is 7.11 Å². The summed E-state index contributed by atoms with van der Waals surface area (Å²) in [5.74, 6) is 0.690. The fraction of sp³-hybridized carbons (Fsp3) is 0.174. The lowest BCUT2D eigenvalue weighted by Crippen LogP contribution is -2.26. The van der Waals surface area contributed by atoms with Gasteiger partial charge in [0.1, 0.15) is 23.9 Å². The highest BCUT2D eigenvalue weighted by Gasteiger charge is 2.14. The van der Waals surface area contributed by atoms with E-state index in [9.17, 15) is 9.18 Å². The number of halogens is 2. The van der Waals surface area contributed by atoms with E-state index in [1.165, 1.54) is 12.1 Å². The summed E-state index contributed by atoms with van der Waals surface area (Å²) in [7, 11) is 1.56. The van der Waals surface area contributed by atoms with Gasteiger partial charge in [-0.1, -0.05) is 29.8 Å². The molecule has 3 rings (SSSR count). The molecule has 1 amide bonds. The highest BCUT2D eigenvalue weighted by molar-refractivity contribution is 6.30. The summed E-state index contributed by atoms with van der Waals surface area (Å²) in [6, 6.07) is 18.0. The van der Waals surface area contributed by atoms with Crippen LogP contribution in [-0.4, -0.2) is 13.0 Å². The molecular formula is C23H21ClFNO3. The number of methoxy groups -OCH3 is 1. The van der Waals surface area contributed by atoms with Crippen LogP contribution in [0.2, 0.25) is 5.02 Å². The molecule has 0 saturated heterocycles. The Morgan fingerprint density at radius 1 is 1.10 bits per heavy atom. The van der Waals surface area contributed by atoms with Crippen molar-refractivity contribution in [3.8, 4) is 11.5 Å². The van der Waals surface area contributed by atoms with Gasteiger partial charge in [0.2, 0.25) is 0 Å². The molecule has 3 aromatic carbocycles. The number of rotatable bonds is 7. The van der Waals surface area contributed by atoms with Crippen LogP contribution in [0.1, 0.15) is 34.5 Å². The maximum atomic E-state index is 13.1. The minimum Gasteiger partial charge on any atom is -0.496 e. The van der Waals surface area contributed by atoms with Gasteiger partial charge < -0.3 is 14.8 Å². The zero-order valence-electron chi connectivity index (χ0n) is 16.1. The molecule has 0 unspecified atom stereocenters. The first-order chi connectivity index (χ1) is 14.0. The van der Waals surface area contributed by atoms with Crippen molar-refractivity contribution in [2.24, 2.45) is 0 Å². The van der Waals surface area contributed by atoms with Crippen LogP contribution in [-0.2, 0) is 6.61 Å². The third-order valence-corrected chi connectivity index (χ3v) is 4.69. The van der Waals surface area contributed by atoms with E-state index < -0.39 is 0 Å². The van der Waals surface area contributed by atoms with Gasteiger partial charge in [-0.15, -0.1) is 0 Å². The largest absolute Gasteiger partial charge is 0.496 e. The monoisotopic (exact) mass is 413 g/mol. The third kappa shape index (κ3) is 5.48. The van der Waals surface area contributed by atoms with Gasteiger partial charge in [0.05, 0.1) is 13.2 Å². The first kappa shape index (κ1) is 20.7. The van der Waals surface area contributed by atoms with E-state index in [2.05, 4.69) is 5.32 Å². The van der Waals surface area contributed by atoms with Crippen LogP contribution in [0.15, 0.2) is 66.7 Å². The lowest BCUT2D eigenvalue weighted by atomic mass is 10.1. The molecule has 0 aliphatic rings. The van der Waals surface area contributed by atoms with E-state index in [4.69, 9.17) is 21.1 Å². The number of ether oxygens (including phenoxy) is 2. The lowest BCUT2D eigenvalue weighted by molar-refractivity contribution is 0.0939. The van der Waals surface area contributed by atoms with Crippen molar-refractivity contribution in [1.29, 1.82) is 0 Å². The summed E-state index contributed by atoms with van der Waals surface area (Å²) in [6.07, 6.45) is 0. The van der Waals surface area contributed by atoms with Crippen LogP contribution in [0.25, 0.3) is 0 Å². The molecule has 6 heteroatoms. The number of nitrogens with one attached hydrogen (secondary N) is 1. The van der Waals surface area contributed by atoms with Crippen LogP contribution < -0.4 is 14.8 Å². The Kier molecular flexibility index (Phi) is 6.73. The minimum atomic E-state index is -0.313. The number of carbonyl (C=O) groups excluding carboxylic acids is 1. The Bertz CT molecular complexity index is 992. The average Bonchev–Trinajstić information content (AvgIpc) is 2.72. The number of amides is 1. The molecule has 0 aliphatic carbocycles. The van der Waals surface area contributed by atoms with Crippen LogP contribution in [0.5, 0.6) is 11.5 Å². The van der Waals surface area contributed by atoms with Crippen molar-refractivity contribution >= 4 is 17.5 Å². The van der Waals surface area contributed by atoms with Crippen molar-refractivity contribution in [2.45, 2.75) is 19.6 Å². The smallest absolute Gasteiger partial charge is 0.251 e. The zero-order valence-corrected chi connectivity index (χ0v) is 16.9. The normalized spacial score (nSPS) is 11.6. The quantitative estimate of drug-likeness (QED) is 0.551. The highest BCUT2D eigenvalue weighted by atomic mass is 35.5. The van der Waals surface area contributed by atoms with E-state index in [0.29, 0.717) is 22.1 Å². The van der Waals surface area contributed by atoms with Gasteiger partial charge >= 0.3 is 0 Å². The molecule has 4 nitrogen and oxygen atoms in total. The molecular weight excluding hydrogens is 393 g/mol. The average molecular weight is 414 g/mol. The van der Waals surface area contributed by atoms with Gasteiger partial charge in [-0.3, -0.25) is 4.79 Å². The fourth-order valence-corrected chi connectivity index (χ4v) is 3.05. The maximum Gasteiger partial charge on any atom is 0.251 e. The van der Waals surface area contributed by atoms with E-state index in [1.807, 2.05) is 6.92 Å². The first-order valence-corrected chi connectivity index (χ1v) is 9.45. The predicted molar refractivity (Wildman–Crippen MR) is 111 cm³/mol. The zero-order chi connectivity index (χ0) is 20.8. The van der Waals surface area contributed by atoms with Gasteiger partial charge in [-0.05, 0) is 61.0 Å². The Morgan fingerprint density at radius 3 is 2.55 bits per heavy atom. The first-order valence-electron chi connectivity index (χ1n) is 9.08. The summed E-state index contributed by atoms with van der Waals surface area (Å²) in [4.78, 5) is 12.7. The molecule has 3 aromatic rings. The van der Waals surface area contributed by atoms with Gasteiger partial charge in [-0.25, -0.2) is 4.39 Å². The molecule has 0 radical (unpaired) electrons. The molecule has 0 bridgehead atoms. The lowest BCUT2D eigenvalue weighted by Gasteiger charge is -2.16. The van der Waals surface area contributed by atoms with Crippen LogP contribution >= 0.6 is 11.6 Å². The van der Waals surface area contributed by atoms with E-state index in [0.717, 1.165) is 11.1 Å². The van der Waals surface area contributed by atoms with Gasteiger partial charge in [-0.2, -0.15) is 0 Å². The Morgan fingerprint density at radius 2 is 1.86 bits per heavy atom. The second-order valence-corrected chi connectivity index (χ2v) is 6.96. The predicted octanol–water partition coefficient (Wildman–Crippen LogP) is 5.56. The van der Waals surface area contributed by atoms with Crippen LogP contribution in [0.4, 0.5) is 4.39 Å². The van der Waals surface area contributed by atoms with Crippen LogP contribution in [0, 0.1) is 5.82 Å². The topological polar surface area (TPSA) is 47.6 Å². The van der Waals surface area contributed by atoms with Crippen LogP contribution in [0.3, 0.4) is 0 Å². The number of hydrogen-bond acceptors (Lipinski definition) is 3. The maximum absolute atomic E-state index is 13.1. The molecule has 29 heavy (non-hydrogen) atoms. The molecule has 0 spiro atoms. The molecule has 0 heterocycles. The van der Waals surface area contributed by atoms with Crippen molar-refractivity contribution in [3.63, 3.8) is 0 Å². The number of carbonyl (C=O) groups is 1. The molecule has 0 aliphatic heterocycles. The Labute approximate surface area is 174 Å². The summed E-state index contributed by atoms with van der Waals surface area (Å²) >= 11 is 5.98. The second-order valence-electron chi connectivity index (χ2n) is 6.52. The SMILES string of the molecule is COc1ccc(C(=O)N[C@H](C)c2ccc(F)cc2)cc1COc1cccc(Cl)c1. The van der Waals surface area contributed by atoms with Gasteiger partial charge in [0, 0.05) is 16.1 Å².